The lowest BCUT2D eigenvalue weighted by atomic mass is 10.2. The first-order valence-electron chi connectivity index (χ1n) is 10.1. The van der Waals surface area contributed by atoms with Gasteiger partial charge in [-0.05, 0) is 37.1 Å². The molecular weight excluding hydrogens is 481 g/mol. The topological polar surface area (TPSA) is 55.4 Å². The van der Waals surface area contributed by atoms with Crippen molar-refractivity contribution in [2.24, 2.45) is 0 Å². The molecule has 0 spiro atoms. The molecule has 10 heteroatoms. The van der Waals surface area contributed by atoms with Gasteiger partial charge in [-0.1, -0.05) is 57.0 Å². The lowest BCUT2D eigenvalue weighted by Crippen LogP contribution is -2.45. The molecule has 0 aliphatic rings. The van der Waals surface area contributed by atoms with Crippen molar-refractivity contribution in [2.75, 3.05) is 42.7 Å². The summed E-state index contributed by atoms with van der Waals surface area (Å²) in [5, 5.41) is 0. The maximum atomic E-state index is 5.66. The molecule has 0 saturated heterocycles. The third-order valence-corrected chi connectivity index (χ3v) is 13.3. The van der Waals surface area contributed by atoms with Gasteiger partial charge in [0, 0.05) is 64.5 Å². The first kappa shape index (κ1) is 27.6. The van der Waals surface area contributed by atoms with Crippen molar-refractivity contribution in [3.63, 3.8) is 0 Å². The van der Waals surface area contributed by atoms with Crippen LogP contribution < -0.4 is 0 Å². The van der Waals surface area contributed by atoms with Crippen LogP contribution in [0.3, 0.4) is 0 Å². The predicted molar refractivity (Wildman–Crippen MR) is 135 cm³/mol. The summed E-state index contributed by atoms with van der Waals surface area (Å²) in [6.45, 7) is 4.17. The molecule has 178 valence electrons. The van der Waals surface area contributed by atoms with Crippen LogP contribution in [0.5, 0.6) is 0 Å². The first-order valence-corrected chi connectivity index (χ1v) is 16.2. The second-order valence-corrected chi connectivity index (χ2v) is 15.4. The Kier molecular flexibility index (Phi) is 10.9. The number of hydrogen-bond acceptors (Lipinski definition) is 8. The molecule has 0 aliphatic carbocycles. The predicted octanol–water partition coefficient (Wildman–Crippen LogP) is 5.02. The van der Waals surface area contributed by atoms with E-state index >= 15 is 0 Å². The van der Waals surface area contributed by atoms with Gasteiger partial charge in [0.25, 0.3) is 0 Å². The molecule has 0 fully saturated rings. The molecule has 6 nitrogen and oxygen atoms in total. The zero-order valence-corrected chi connectivity index (χ0v) is 23.8. The van der Waals surface area contributed by atoms with Crippen molar-refractivity contribution in [1.29, 1.82) is 0 Å². The second kappa shape index (κ2) is 12.7. The fourth-order valence-electron chi connectivity index (χ4n) is 3.34. The van der Waals surface area contributed by atoms with Crippen molar-refractivity contribution in [2.45, 2.75) is 35.7 Å². The molecular formula is C22H34O6S2Si2. The monoisotopic (exact) mass is 514 g/mol. The summed E-state index contributed by atoms with van der Waals surface area (Å²) < 4.78 is 34.0. The van der Waals surface area contributed by atoms with E-state index in [0.717, 1.165) is 20.9 Å². The quantitative estimate of drug-likeness (QED) is 0.273. The summed E-state index contributed by atoms with van der Waals surface area (Å²) in [5.74, 6) is 0. The maximum Gasteiger partial charge on any atom is 0.504 e. The van der Waals surface area contributed by atoms with E-state index in [-0.39, 0.29) is 0 Å². The Hall–Kier alpha value is -0.666. The number of benzene rings is 2. The van der Waals surface area contributed by atoms with E-state index in [1.807, 2.05) is 0 Å². The van der Waals surface area contributed by atoms with Crippen LogP contribution in [-0.2, 0) is 38.6 Å². The fourth-order valence-corrected chi connectivity index (χ4v) is 9.40. The molecule has 2 rings (SSSR count). The van der Waals surface area contributed by atoms with Gasteiger partial charge in [-0.3, -0.25) is 0 Å². The van der Waals surface area contributed by atoms with Crippen LogP contribution in [0.4, 0.5) is 0 Å². The molecule has 0 radical (unpaired) electrons. The highest BCUT2D eigenvalue weighted by atomic mass is 33.1. The van der Waals surface area contributed by atoms with Gasteiger partial charge in [-0.2, -0.15) is 0 Å². The SMILES string of the molecule is CO[Si](Cc1cc(C)ccc1SSc1ccc(C)cc1C[Si](OC)(OC)OC)(OC)OC. The van der Waals surface area contributed by atoms with Crippen molar-refractivity contribution >= 4 is 39.2 Å². The van der Waals surface area contributed by atoms with Gasteiger partial charge in [0.2, 0.25) is 0 Å². The van der Waals surface area contributed by atoms with Crippen LogP contribution in [0.25, 0.3) is 0 Å². The van der Waals surface area contributed by atoms with Crippen LogP contribution in [0.1, 0.15) is 22.3 Å². The van der Waals surface area contributed by atoms with E-state index in [1.165, 1.54) is 11.1 Å². The summed E-state index contributed by atoms with van der Waals surface area (Å²) in [7, 11) is 7.80. The largest absolute Gasteiger partial charge is 0.504 e. The number of hydrogen-bond donors (Lipinski definition) is 0. The normalized spacial score (nSPS) is 12.4. The average Bonchev–Trinajstić information content (AvgIpc) is 2.81. The Morgan fingerprint density at radius 2 is 0.875 bits per heavy atom. The van der Waals surface area contributed by atoms with E-state index in [2.05, 4.69) is 50.2 Å². The molecule has 0 atom stereocenters. The van der Waals surface area contributed by atoms with Gasteiger partial charge >= 0.3 is 17.6 Å². The molecule has 0 amide bonds. The highest BCUT2D eigenvalue weighted by Crippen LogP contribution is 2.42. The average molecular weight is 515 g/mol. The lowest BCUT2D eigenvalue weighted by molar-refractivity contribution is 0.122. The molecule has 0 N–H and O–H groups in total. The molecule has 2 aromatic carbocycles. The Balaban J connectivity index is 2.31. The van der Waals surface area contributed by atoms with Gasteiger partial charge in [0.15, 0.2) is 0 Å². The lowest BCUT2D eigenvalue weighted by Gasteiger charge is -2.26. The smallest absolute Gasteiger partial charge is 0.377 e. The molecule has 0 unspecified atom stereocenters. The maximum absolute atomic E-state index is 5.66. The zero-order valence-electron chi connectivity index (χ0n) is 20.1. The third kappa shape index (κ3) is 6.92. The van der Waals surface area contributed by atoms with Crippen LogP contribution in [-0.4, -0.2) is 60.3 Å². The van der Waals surface area contributed by atoms with Gasteiger partial charge in [0.05, 0.1) is 0 Å². The van der Waals surface area contributed by atoms with Crippen molar-refractivity contribution in [3.05, 3.63) is 58.7 Å². The molecule has 2 aromatic rings. The Bertz CT molecular complexity index is 787. The molecule has 0 bridgehead atoms. The van der Waals surface area contributed by atoms with E-state index < -0.39 is 17.6 Å². The molecule has 0 aliphatic heterocycles. The minimum absolute atomic E-state index is 0.606. The standard InChI is InChI=1S/C22H34O6S2Si2/c1-17-9-11-21(19(13-17)15-31(23-3,24-4)25-5)29-30-22-12-10-18(2)14-20(22)16-32(26-6,27-7)28-8/h9-14H,15-16H2,1-8H3. The number of aryl methyl sites for hydroxylation is 2. The fraction of sp³-hybridized carbons (Fsp3) is 0.455. The Morgan fingerprint density at radius 3 is 1.16 bits per heavy atom. The zero-order chi connectivity index (χ0) is 23.8. The van der Waals surface area contributed by atoms with E-state index in [0.29, 0.717) is 12.1 Å². The molecule has 32 heavy (non-hydrogen) atoms. The first-order chi connectivity index (χ1) is 15.3. The molecule has 0 aromatic heterocycles. The highest BCUT2D eigenvalue weighted by molar-refractivity contribution is 8.76. The van der Waals surface area contributed by atoms with Crippen molar-refractivity contribution in [1.82, 2.24) is 0 Å². The Morgan fingerprint density at radius 1 is 0.562 bits per heavy atom. The summed E-state index contributed by atoms with van der Waals surface area (Å²) in [4.78, 5) is 2.31. The van der Waals surface area contributed by atoms with Gasteiger partial charge < -0.3 is 26.6 Å². The van der Waals surface area contributed by atoms with Gasteiger partial charge in [0.1, 0.15) is 0 Å². The summed E-state index contributed by atoms with van der Waals surface area (Å²) >= 11 is 0. The van der Waals surface area contributed by atoms with Crippen LogP contribution in [0.2, 0.25) is 0 Å². The van der Waals surface area contributed by atoms with Gasteiger partial charge in [-0.15, -0.1) is 0 Å². The Labute approximate surface area is 202 Å². The van der Waals surface area contributed by atoms with Crippen LogP contribution in [0, 0.1) is 13.8 Å². The van der Waals surface area contributed by atoms with Crippen molar-refractivity contribution in [3.8, 4) is 0 Å². The minimum atomic E-state index is -2.75. The highest BCUT2D eigenvalue weighted by Gasteiger charge is 2.40. The minimum Gasteiger partial charge on any atom is -0.377 e. The summed E-state index contributed by atoms with van der Waals surface area (Å²) in [5.41, 5.74) is 4.69. The molecule has 0 saturated carbocycles. The summed E-state index contributed by atoms with van der Waals surface area (Å²) in [6, 6.07) is 14.1. The van der Waals surface area contributed by atoms with E-state index in [1.54, 1.807) is 64.2 Å². The van der Waals surface area contributed by atoms with Crippen LogP contribution >= 0.6 is 21.6 Å². The van der Waals surface area contributed by atoms with Gasteiger partial charge in [-0.25, -0.2) is 0 Å². The third-order valence-electron chi connectivity index (χ3n) is 5.33. The van der Waals surface area contributed by atoms with Crippen molar-refractivity contribution < 1.29 is 26.6 Å². The van der Waals surface area contributed by atoms with Crippen LogP contribution in [0.15, 0.2) is 46.2 Å². The van der Waals surface area contributed by atoms with E-state index in [4.69, 9.17) is 26.6 Å². The molecule has 0 heterocycles. The summed E-state index contributed by atoms with van der Waals surface area (Å²) in [6.07, 6.45) is 0. The van der Waals surface area contributed by atoms with E-state index in [9.17, 15) is 0 Å². The second-order valence-electron chi connectivity index (χ2n) is 7.33. The number of rotatable bonds is 13.